The molecule has 2 fully saturated rings. The molecule has 3 heterocycles. The lowest BCUT2D eigenvalue weighted by Crippen LogP contribution is -2.37. The summed E-state index contributed by atoms with van der Waals surface area (Å²) in [7, 11) is 0. The third-order valence-electron chi connectivity index (χ3n) is 6.30. The molecule has 1 aromatic carbocycles. The van der Waals surface area contributed by atoms with E-state index in [1.54, 1.807) is 0 Å². The number of nitrogens with zero attached hydrogens (tertiary/aromatic N) is 4. The first-order valence-electron chi connectivity index (χ1n) is 12.0. The highest BCUT2D eigenvalue weighted by Gasteiger charge is 2.25. The normalized spacial score (nSPS) is 20.4. The van der Waals surface area contributed by atoms with E-state index >= 15 is 0 Å². The minimum Gasteiger partial charge on any atom is -0.479 e. The van der Waals surface area contributed by atoms with Crippen LogP contribution < -0.4 is 19.7 Å². The van der Waals surface area contributed by atoms with E-state index in [1.807, 2.05) is 12.1 Å². The Morgan fingerprint density at radius 2 is 1.86 bits per heavy atom. The van der Waals surface area contributed by atoms with Gasteiger partial charge in [0.2, 0.25) is 11.8 Å². The summed E-state index contributed by atoms with van der Waals surface area (Å²) in [5, 5.41) is 14.2. The van der Waals surface area contributed by atoms with Crippen molar-refractivity contribution in [3.63, 3.8) is 0 Å². The summed E-state index contributed by atoms with van der Waals surface area (Å²) in [6.45, 7) is 2.67. The molecule has 5 rings (SSSR count). The van der Waals surface area contributed by atoms with Crippen molar-refractivity contribution in [1.82, 2.24) is 15.0 Å². The van der Waals surface area contributed by atoms with Crippen LogP contribution in [0.4, 0.5) is 11.8 Å². The molecule has 1 saturated heterocycles. The van der Waals surface area contributed by atoms with Crippen LogP contribution in [0.5, 0.6) is 11.6 Å². The third kappa shape index (κ3) is 5.89. The highest BCUT2D eigenvalue weighted by atomic mass is 16.5. The van der Waals surface area contributed by atoms with Gasteiger partial charge in [0.25, 0.3) is 0 Å². The highest BCUT2D eigenvalue weighted by Crippen LogP contribution is 2.32. The van der Waals surface area contributed by atoms with Crippen LogP contribution in [0.1, 0.15) is 25.7 Å². The smallest absolute Gasteiger partial charge is 0.341 e. The first-order valence-corrected chi connectivity index (χ1v) is 12.0. The Labute approximate surface area is 203 Å². The lowest BCUT2D eigenvalue weighted by Gasteiger charge is -2.31. The SMILES string of the molecule is O=C(O)COc1cnc(N[C@H]2CC[C@@H](Oc3nc(N4CCOCC4)cc4ccccc34)CC2)nc1. The summed E-state index contributed by atoms with van der Waals surface area (Å²) < 4.78 is 17.0. The number of pyridine rings is 1. The number of carboxylic acids is 1. The van der Waals surface area contributed by atoms with Crippen LogP contribution in [0.15, 0.2) is 42.7 Å². The second-order valence-electron chi connectivity index (χ2n) is 8.77. The maximum atomic E-state index is 10.6. The Morgan fingerprint density at radius 1 is 1.11 bits per heavy atom. The summed E-state index contributed by atoms with van der Waals surface area (Å²) in [5.41, 5.74) is 0. The van der Waals surface area contributed by atoms with Gasteiger partial charge in [0.1, 0.15) is 11.9 Å². The molecule has 1 saturated carbocycles. The fourth-order valence-corrected chi connectivity index (χ4v) is 4.47. The van der Waals surface area contributed by atoms with Crippen LogP contribution in [-0.4, -0.2) is 71.1 Å². The monoisotopic (exact) mass is 479 g/mol. The van der Waals surface area contributed by atoms with Crippen molar-refractivity contribution < 1.29 is 24.1 Å². The molecule has 0 spiro atoms. The van der Waals surface area contributed by atoms with Gasteiger partial charge >= 0.3 is 5.97 Å². The Kier molecular flexibility index (Phi) is 7.08. The standard InChI is InChI=1S/C25H29N5O5/c31-23(32)16-34-20-14-26-25(27-15-20)28-18-5-7-19(8-6-18)35-24-21-4-2-1-3-17(21)13-22(29-24)30-9-11-33-12-10-30/h1-4,13-15,18-19H,5-12,16H2,(H,31,32)(H,26,27,28)/t18-,19+. The van der Waals surface area contributed by atoms with Crippen molar-refractivity contribution in [1.29, 1.82) is 0 Å². The lowest BCUT2D eigenvalue weighted by atomic mass is 9.93. The highest BCUT2D eigenvalue weighted by molar-refractivity contribution is 5.89. The van der Waals surface area contributed by atoms with Crippen LogP contribution in [0.2, 0.25) is 0 Å². The first-order chi connectivity index (χ1) is 17.1. The summed E-state index contributed by atoms with van der Waals surface area (Å²) in [6, 6.07) is 10.6. The van der Waals surface area contributed by atoms with E-state index in [4.69, 9.17) is 24.3 Å². The number of anilines is 2. The number of ether oxygens (including phenoxy) is 3. The van der Waals surface area contributed by atoms with E-state index in [1.165, 1.54) is 12.4 Å². The number of aromatic nitrogens is 3. The fraction of sp³-hybridized carbons (Fsp3) is 0.440. The minimum atomic E-state index is -1.04. The summed E-state index contributed by atoms with van der Waals surface area (Å²) >= 11 is 0. The van der Waals surface area contributed by atoms with Gasteiger partial charge in [0.15, 0.2) is 12.4 Å². The number of carboxylic acid groups (broad SMARTS) is 1. The number of benzene rings is 1. The number of nitrogens with one attached hydrogen (secondary N) is 1. The lowest BCUT2D eigenvalue weighted by molar-refractivity contribution is -0.139. The molecule has 35 heavy (non-hydrogen) atoms. The molecule has 0 atom stereocenters. The Hall–Kier alpha value is -3.66. The number of fused-ring (bicyclic) bond motifs is 1. The van der Waals surface area contributed by atoms with E-state index in [9.17, 15) is 4.79 Å². The van der Waals surface area contributed by atoms with Crippen LogP contribution >= 0.6 is 0 Å². The van der Waals surface area contributed by atoms with Gasteiger partial charge in [0, 0.05) is 24.5 Å². The number of morpholine rings is 1. The molecule has 2 aliphatic rings. The van der Waals surface area contributed by atoms with E-state index in [0.717, 1.165) is 55.4 Å². The fourth-order valence-electron chi connectivity index (χ4n) is 4.47. The maximum Gasteiger partial charge on any atom is 0.341 e. The topological polar surface area (TPSA) is 119 Å². The minimum absolute atomic E-state index is 0.0941. The quantitative estimate of drug-likeness (QED) is 0.499. The first kappa shape index (κ1) is 23.1. The van der Waals surface area contributed by atoms with Gasteiger partial charge in [-0.05, 0) is 43.2 Å². The van der Waals surface area contributed by atoms with Crippen molar-refractivity contribution in [2.45, 2.75) is 37.8 Å². The number of aliphatic carboxylic acids is 1. The van der Waals surface area contributed by atoms with Crippen LogP contribution in [-0.2, 0) is 9.53 Å². The van der Waals surface area contributed by atoms with Crippen LogP contribution in [0, 0.1) is 0 Å². The molecule has 184 valence electrons. The average Bonchev–Trinajstić information content (AvgIpc) is 2.90. The molecule has 0 radical (unpaired) electrons. The van der Waals surface area contributed by atoms with E-state index < -0.39 is 12.6 Å². The van der Waals surface area contributed by atoms with Gasteiger partial charge in [0.05, 0.1) is 25.6 Å². The van der Waals surface area contributed by atoms with E-state index in [2.05, 4.69) is 38.4 Å². The zero-order chi connectivity index (χ0) is 24.0. The van der Waals surface area contributed by atoms with Gasteiger partial charge in [-0.25, -0.2) is 14.8 Å². The van der Waals surface area contributed by atoms with Gasteiger partial charge in [-0.15, -0.1) is 0 Å². The van der Waals surface area contributed by atoms with E-state index in [-0.39, 0.29) is 12.1 Å². The maximum absolute atomic E-state index is 10.6. The Morgan fingerprint density at radius 3 is 2.60 bits per heavy atom. The number of rotatable bonds is 8. The molecule has 2 N–H and O–H groups in total. The molecule has 0 unspecified atom stereocenters. The van der Waals surface area contributed by atoms with Gasteiger partial charge in [-0.2, -0.15) is 4.98 Å². The molecular formula is C25H29N5O5. The molecule has 0 amide bonds. The number of hydrogen-bond acceptors (Lipinski definition) is 9. The summed E-state index contributed by atoms with van der Waals surface area (Å²) in [5.74, 6) is 1.42. The third-order valence-corrected chi connectivity index (χ3v) is 6.30. The van der Waals surface area contributed by atoms with Crippen molar-refractivity contribution in [2.75, 3.05) is 43.1 Å². The van der Waals surface area contributed by atoms with Crippen molar-refractivity contribution in [2.24, 2.45) is 0 Å². The second-order valence-corrected chi connectivity index (χ2v) is 8.77. The predicted octanol–water partition coefficient (Wildman–Crippen LogP) is 3.13. The molecular weight excluding hydrogens is 450 g/mol. The molecule has 3 aromatic rings. The summed E-state index contributed by atoms with van der Waals surface area (Å²) in [4.78, 5) is 26.2. The second kappa shape index (κ2) is 10.7. The van der Waals surface area contributed by atoms with Crippen LogP contribution in [0.25, 0.3) is 10.8 Å². The molecule has 1 aliphatic heterocycles. The zero-order valence-electron chi connectivity index (χ0n) is 19.4. The molecule has 10 heteroatoms. The van der Waals surface area contributed by atoms with Gasteiger partial charge in [-0.1, -0.05) is 18.2 Å². The van der Waals surface area contributed by atoms with Crippen LogP contribution in [0.3, 0.4) is 0 Å². The van der Waals surface area contributed by atoms with Gasteiger partial charge in [-0.3, -0.25) is 0 Å². The zero-order valence-corrected chi connectivity index (χ0v) is 19.4. The van der Waals surface area contributed by atoms with Crippen molar-refractivity contribution in [3.05, 3.63) is 42.7 Å². The average molecular weight is 480 g/mol. The van der Waals surface area contributed by atoms with E-state index in [0.29, 0.717) is 30.8 Å². The van der Waals surface area contributed by atoms with Gasteiger partial charge < -0.3 is 29.5 Å². The predicted molar refractivity (Wildman–Crippen MR) is 130 cm³/mol. The number of carbonyl (C=O) groups is 1. The Bertz CT molecular complexity index is 1140. The van der Waals surface area contributed by atoms with Crippen molar-refractivity contribution in [3.8, 4) is 11.6 Å². The summed E-state index contributed by atoms with van der Waals surface area (Å²) in [6.07, 6.45) is 6.69. The molecule has 0 bridgehead atoms. The molecule has 1 aliphatic carbocycles. The largest absolute Gasteiger partial charge is 0.479 e. The molecule has 2 aromatic heterocycles. The Balaban J connectivity index is 1.19. The van der Waals surface area contributed by atoms with Crippen molar-refractivity contribution >= 4 is 28.5 Å². The number of hydrogen-bond donors (Lipinski definition) is 2. The molecule has 10 nitrogen and oxygen atoms in total.